The van der Waals surface area contributed by atoms with Crippen LogP contribution in [0, 0.1) is 0 Å². The van der Waals surface area contributed by atoms with Gasteiger partial charge in [-0.05, 0) is 45.2 Å². The van der Waals surface area contributed by atoms with Gasteiger partial charge >= 0.3 is 0 Å². The van der Waals surface area contributed by atoms with Crippen molar-refractivity contribution in [2.45, 2.75) is 65.0 Å². The van der Waals surface area contributed by atoms with Gasteiger partial charge in [-0.2, -0.15) is 5.10 Å². The SMILES string of the molecule is CCC(CCc1ccn(C(CC)CC)n1)NC. The largest absolute Gasteiger partial charge is 0.317 e. The van der Waals surface area contributed by atoms with Gasteiger partial charge in [0, 0.05) is 12.2 Å². The zero-order valence-electron chi connectivity index (χ0n) is 11.7. The molecule has 0 amide bonds. The van der Waals surface area contributed by atoms with E-state index >= 15 is 0 Å². The van der Waals surface area contributed by atoms with E-state index in [9.17, 15) is 0 Å². The first-order valence-electron chi connectivity index (χ1n) is 6.96. The van der Waals surface area contributed by atoms with Crippen molar-refractivity contribution in [2.75, 3.05) is 7.05 Å². The molecule has 0 fully saturated rings. The predicted octanol–water partition coefficient (Wildman–Crippen LogP) is 3.17. The van der Waals surface area contributed by atoms with Crippen LogP contribution >= 0.6 is 0 Å². The van der Waals surface area contributed by atoms with E-state index in [1.54, 1.807) is 0 Å². The molecule has 17 heavy (non-hydrogen) atoms. The number of nitrogens with zero attached hydrogens (tertiary/aromatic N) is 2. The minimum absolute atomic E-state index is 0.565. The summed E-state index contributed by atoms with van der Waals surface area (Å²) in [7, 11) is 2.04. The van der Waals surface area contributed by atoms with Crippen LogP contribution in [-0.2, 0) is 6.42 Å². The average Bonchev–Trinajstić information content (AvgIpc) is 2.81. The van der Waals surface area contributed by atoms with Crippen LogP contribution < -0.4 is 5.32 Å². The topological polar surface area (TPSA) is 29.9 Å². The predicted molar refractivity (Wildman–Crippen MR) is 73.3 cm³/mol. The van der Waals surface area contributed by atoms with Crippen molar-refractivity contribution in [1.29, 1.82) is 0 Å². The normalized spacial score (nSPS) is 13.2. The summed E-state index contributed by atoms with van der Waals surface area (Å²) in [5.41, 5.74) is 1.23. The molecule has 1 atom stereocenters. The summed E-state index contributed by atoms with van der Waals surface area (Å²) in [5.74, 6) is 0. The number of hydrogen-bond donors (Lipinski definition) is 1. The summed E-state index contributed by atoms with van der Waals surface area (Å²) in [5, 5.41) is 8.02. The molecule has 0 aliphatic heterocycles. The van der Waals surface area contributed by atoms with Crippen LogP contribution in [0.1, 0.15) is 58.2 Å². The Bertz CT molecular complexity index is 298. The lowest BCUT2D eigenvalue weighted by Gasteiger charge is -2.13. The Labute approximate surface area is 106 Å². The summed E-state index contributed by atoms with van der Waals surface area (Å²) >= 11 is 0. The second kappa shape index (κ2) is 7.49. The van der Waals surface area contributed by atoms with Crippen molar-refractivity contribution in [3.05, 3.63) is 18.0 Å². The number of nitrogens with one attached hydrogen (secondary N) is 1. The Morgan fingerprint density at radius 1 is 1.24 bits per heavy atom. The van der Waals surface area contributed by atoms with E-state index in [0.717, 1.165) is 19.3 Å². The highest BCUT2D eigenvalue weighted by Crippen LogP contribution is 2.15. The van der Waals surface area contributed by atoms with Crippen LogP contribution in [0.2, 0.25) is 0 Å². The van der Waals surface area contributed by atoms with E-state index in [-0.39, 0.29) is 0 Å². The number of aromatic nitrogens is 2. The van der Waals surface area contributed by atoms with Crippen molar-refractivity contribution in [3.8, 4) is 0 Å². The molecule has 0 spiro atoms. The quantitative estimate of drug-likeness (QED) is 0.752. The third-order valence-electron chi connectivity index (χ3n) is 3.63. The lowest BCUT2D eigenvalue weighted by Crippen LogP contribution is -2.24. The fraction of sp³-hybridized carbons (Fsp3) is 0.786. The summed E-state index contributed by atoms with van der Waals surface area (Å²) in [6, 6.07) is 3.35. The highest BCUT2D eigenvalue weighted by Gasteiger charge is 2.09. The lowest BCUT2D eigenvalue weighted by atomic mass is 10.1. The zero-order valence-corrected chi connectivity index (χ0v) is 11.7. The van der Waals surface area contributed by atoms with Gasteiger partial charge in [-0.15, -0.1) is 0 Å². The third-order valence-corrected chi connectivity index (χ3v) is 3.63. The van der Waals surface area contributed by atoms with Crippen LogP contribution in [-0.4, -0.2) is 22.9 Å². The van der Waals surface area contributed by atoms with Gasteiger partial charge in [0.25, 0.3) is 0 Å². The molecule has 98 valence electrons. The van der Waals surface area contributed by atoms with Crippen LogP contribution in [0.5, 0.6) is 0 Å². The first kappa shape index (κ1) is 14.2. The van der Waals surface area contributed by atoms with Gasteiger partial charge in [0.2, 0.25) is 0 Å². The zero-order chi connectivity index (χ0) is 12.7. The molecular weight excluding hydrogens is 210 g/mol. The summed E-state index contributed by atoms with van der Waals surface area (Å²) < 4.78 is 2.13. The van der Waals surface area contributed by atoms with Crippen LogP contribution in [0.3, 0.4) is 0 Å². The minimum atomic E-state index is 0.565. The molecule has 3 heteroatoms. The molecule has 0 aliphatic carbocycles. The van der Waals surface area contributed by atoms with Gasteiger partial charge in [0.05, 0.1) is 11.7 Å². The first-order valence-corrected chi connectivity index (χ1v) is 6.96. The second-order valence-electron chi connectivity index (χ2n) is 4.69. The molecule has 1 rings (SSSR count). The molecule has 0 bridgehead atoms. The molecule has 0 saturated heterocycles. The Morgan fingerprint density at radius 3 is 2.47 bits per heavy atom. The molecule has 1 aromatic heterocycles. The summed E-state index contributed by atoms with van der Waals surface area (Å²) in [4.78, 5) is 0. The van der Waals surface area contributed by atoms with Gasteiger partial charge < -0.3 is 5.32 Å². The molecule has 1 heterocycles. The Hall–Kier alpha value is -0.830. The van der Waals surface area contributed by atoms with E-state index in [1.807, 2.05) is 7.05 Å². The van der Waals surface area contributed by atoms with Crippen molar-refractivity contribution in [1.82, 2.24) is 15.1 Å². The Morgan fingerprint density at radius 2 is 1.94 bits per heavy atom. The fourth-order valence-corrected chi connectivity index (χ4v) is 2.25. The second-order valence-corrected chi connectivity index (χ2v) is 4.69. The highest BCUT2D eigenvalue weighted by atomic mass is 15.3. The maximum atomic E-state index is 4.68. The van der Waals surface area contributed by atoms with E-state index < -0.39 is 0 Å². The number of hydrogen-bond acceptors (Lipinski definition) is 2. The Balaban J connectivity index is 2.50. The molecule has 1 unspecified atom stereocenters. The molecule has 1 N–H and O–H groups in total. The molecule has 0 aromatic carbocycles. The van der Waals surface area contributed by atoms with Gasteiger partial charge in [-0.1, -0.05) is 20.8 Å². The fourth-order valence-electron chi connectivity index (χ4n) is 2.25. The first-order chi connectivity index (χ1) is 8.24. The molecule has 0 radical (unpaired) electrons. The Kier molecular flexibility index (Phi) is 6.27. The van der Waals surface area contributed by atoms with Gasteiger partial charge in [0.15, 0.2) is 0 Å². The molecule has 0 saturated carbocycles. The molecule has 0 aliphatic rings. The molecule has 3 nitrogen and oxygen atoms in total. The van der Waals surface area contributed by atoms with Crippen LogP contribution in [0.25, 0.3) is 0 Å². The van der Waals surface area contributed by atoms with E-state index in [1.165, 1.54) is 18.5 Å². The summed E-state index contributed by atoms with van der Waals surface area (Å²) in [6.07, 6.45) is 7.88. The van der Waals surface area contributed by atoms with E-state index in [4.69, 9.17) is 0 Å². The van der Waals surface area contributed by atoms with Crippen molar-refractivity contribution in [2.24, 2.45) is 0 Å². The maximum absolute atomic E-state index is 4.68. The van der Waals surface area contributed by atoms with Crippen LogP contribution in [0.4, 0.5) is 0 Å². The number of aryl methyl sites for hydroxylation is 1. The van der Waals surface area contributed by atoms with Gasteiger partial charge in [0.1, 0.15) is 0 Å². The summed E-state index contributed by atoms with van der Waals surface area (Å²) in [6.45, 7) is 6.68. The standard InChI is InChI=1S/C14H27N3/c1-5-12(15-4)8-9-13-10-11-17(16-13)14(6-2)7-3/h10-12,14-15H,5-9H2,1-4H3. The highest BCUT2D eigenvalue weighted by molar-refractivity contribution is 5.00. The molecular formula is C14H27N3. The monoisotopic (exact) mass is 237 g/mol. The van der Waals surface area contributed by atoms with Gasteiger partial charge in [-0.25, -0.2) is 0 Å². The van der Waals surface area contributed by atoms with Crippen molar-refractivity contribution in [3.63, 3.8) is 0 Å². The van der Waals surface area contributed by atoms with E-state index in [0.29, 0.717) is 12.1 Å². The smallest absolute Gasteiger partial charge is 0.0625 e. The van der Waals surface area contributed by atoms with Gasteiger partial charge in [-0.3, -0.25) is 4.68 Å². The third kappa shape index (κ3) is 4.15. The average molecular weight is 237 g/mol. The van der Waals surface area contributed by atoms with E-state index in [2.05, 4.69) is 48.1 Å². The number of rotatable bonds is 8. The van der Waals surface area contributed by atoms with Crippen molar-refractivity contribution >= 4 is 0 Å². The maximum Gasteiger partial charge on any atom is 0.0625 e. The van der Waals surface area contributed by atoms with Crippen LogP contribution in [0.15, 0.2) is 12.3 Å². The van der Waals surface area contributed by atoms with Crippen molar-refractivity contribution < 1.29 is 0 Å². The molecule has 1 aromatic rings. The lowest BCUT2D eigenvalue weighted by molar-refractivity contribution is 0.423. The minimum Gasteiger partial charge on any atom is -0.317 e.